The van der Waals surface area contributed by atoms with Gasteiger partial charge in [-0.15, -0.1) is 0 Å². The fourth-order valence-electron chi connectivity index (χ4n) is 2.33. The van der Waals surface area contributed by atoms with Crippen LogP contribution in [-0.2, 0) is 13.0 Å². The molecule has 0 aliphatic rings. The molecule has 0 unspecified atom stereocenters. The average molecular weight is 298 g/mol. The number of rotatable bonds is 5. The van der Waals surface area contributed by atoms with E-state index in [4.69, 9.17) is 13.9 Å². The minimum absolute atomic E-state index is 0.235. The minimum Gasteiger partial charge on any atom is -0.478 e. The van der Waals surface area contributed by atoms with Crippen LogP contribution in [0.15, 0.2) is 34.7 Å². The number of benzene rings is 1. The molecule has 5 nitrogen and oxygen atoms in total. The zero-order valence-corrected chi connectivity index (χ0v) is 12.9. The smallest absolute Gasteiger partial charge is 0.257 e. The summed E-state index contributed by atoms with van der Waals surface area (Å²) in [4.78, 5) is 8.81. The van der Waals surface area contributed by atoms with Crippen LogP contribution in [0, 0.1) is 6.92 Å². The molecule has 0 spiro atoms. The Hall–Kier alpha value is -2.56. The fraction of sp³-hybridized carbons (Fsp3) is 0.294. The third-order valence-corrected chi connectivity index (χ3v) is 3.51. The number of hydrogen-bond donors (Lipinski definition) is 0. The Kier molecular flexibility index (Phi) is 3.96. The van der Waals surface area contributed by atoms with Crippen LogP contribution in [0.3, 0.4) is 0 Å². The monoisotopic (exact) mass is 298 g/mol. The number of aromatic nitrogens is 2. The summed E-state index contributed by atoms with van der Waals surface area (Å²) < 4.78 is 16.7. The Morgan fingerprint density at radius 1 is 1.18 bits per heavy atom. The summed E-state index contributed by atoms with van der Waals surface area (Å²) in [7, 11) is 1.58. The number of pyridine rings is 1. The molecule has 0 saturated carbocycles. The van der Waals surface area contributed by atoms with Crippen molar-refractivity contribution in [2.45, 2.75) is 26.9 Å². The number of nitrogens with zero attached hydrogens (tertiary/aromatic N) is 2. The second-order valence-electron chi connectivity index (χ2n) is 4.96. The van der Waals surface area contributed by atoms with Crippen LogP contribution in [-0.4, -0.2) is 17.1 Å². The predicted octanol–water partition coefficient (Wildman–Crippen LogP) is 3.68. The van der Waals surface area contributed by atoms with E-state index in [0.29, 0.717) is 17.5 Å². The molecule has 3 aromatic rings. The van der Waals surface area contributed by atoms with Crippen LogP contribution in [0.2, 0.25) is 0 Å². The molecule has 5 heteroatoms. The third kappa shape index (κ3) is 2.74. The molecule has 0 amide bonds. The lowest BCUT2D eigenvalue weighted by Gasteiger charge is -2.11. The topological polar surface area (TPSA) is 57.4 Å². The minimum atomic E-state index is 0.235. The Balaban J connectivity index is 1.83. The van der Waals surface area contributed by atoms with E-state index in [0.717, 1.165) is 28.8 Å². The Bertz CT molecular complexity index is 763. The normalized spacial score (nSPS) is 10.9. The highest BCUT2D eigenvalue weighted by atomic mass is 16.5. The summed E-state index contributed by atoms with van der Waals surface area (Å²) >= 11 is 0. The van der Waals surface area contributed by atoms with E-state index in [9.17, 15) is 0 Å². The maximum atomic E-state index is 5.80. The van der Waals surface area contributed by atoms with Crippen LogP contribution < -0.4 is 9.47 Å². The van der Waals surface area contributed by atoms with Gasteiger partial charge in [0, 0.05) is 5.69 Å². The number of methoxy groups -OCH3 is 1. The quantitative estimate of drug-likeness (QED) is 0.719. The lowest BCUT2D eigenvalue weighted by atomic mass is 10.1. The molecule has 0 saturated heterocycles. The number of para-hydroxylation sites is 2. The summed E-state index contributed by atoms with van der Waals surface area (Å²) in [5.41, 5.74) is 3.66. The van der Waals surface area contributed by atoms with Gasteiger partial charge in [0.05, 0.1) is 7.11 Å². The van der Waals surface area contributed by atoms with Gasteiger partial charge in [-0.05, 0) is 37.1 Å². The van der Waals surface area contributed by atoms with E-state index in [1.807, 2.05) is 37.3 Å². The molecule has 114 valence electrons. The first-order valence-electron chi connectivity index (χ1n) is 7.23. The highest BCUT2D eigenvalue weighted by Crippen LogP contribution is 2.28. The van der Waals surface area contributed by atoms with Crippen molar-refractivity contribution < 1.29 is 13.9 Å². The summed E-state index contributed by atoms with van der Waals surface area (Å²) in [5, 5.41) is 0. The summed E-state index contributed by atoms with van der Waals surface area (Å²) in [6.45, 7) is 4.28. The molecule has 22 heavy (non-hydrogen) atoms. The van der Waals surface area contributed by atoms with E-state index in [1.54, 1.807) is 7.11 Å². The average Bonchev–Trinajstić information content (AvgIpc) is 2.96. The van der Waals surface area contributed by atoms with Crippen molar-refractivity contribution in [2.75, 3.05) is 7.11 Å². The molecule has 0 fully saturated rings. The van der Waals surface area contributed by atoms with E-state index in [-0.39, 0.29) is 6.61 Å². The van der Waals surface area contributed by atoms with Gasteiger partial charge in [0.15, 0.2) is 17.9 Å². The Morgan fingerprint density at radius 2 is 2.00 bits per heavy atom. The molecule has 0 aliphatic heterocycles. The molecule has 0 atom stereocenters. The van der Waals surface area contributed by atoms with E-state index < -0.39 is 0 Å². The molecule has 2 aromatic heterocycles. The second-order valence-corrected chi connectivity index (χ2v) is 4.96. The van der Waals surface area contributed by atoms with Gasteiger partial charge in [0.2, 0.25) is 5.89 Å². The molecular weight excluding hydrogens is 280 g/mol. The van der Waals surface area contributed by atoms with Gasteiger partial charge in [0.1, 0.15) is 5.52 Å². The number of ether oxygens (including phenoxy) is 2. The second kappa shape index (κ2) is 6.05. The summed E-state index contributed by atoms with van der Waals surface area (Å²) in [6.07, 6.45) is 0.891. The van der Waals surface area contributed by atoms with Gasteiger partial charge in [0.25, 0.3) is 5.88 Å². The largest absolute Gasteiger partial charge is 0.478 e. The first kappa shape index (κ1) is 14.4. The van der Waals surface area contributed by atoms with Crippen LogP contribution in [0.25, 0.3) is 11.1 Å². The maximum Gasteiger partial charge on any atom is 0.257 e. The molecule has 0 bridgehead atoms. The van der Waals surface area contributed by atoms with Crippen LogP contribution in [0.5, 0.6) is 11.6 Å². The van der Waals surface area contributed by atoms with Gasteiger partial charge in [-0.1, -0.05) is 19.1 Å². The SMILES string of the molecule is CCc1cc(OCc2nc3ccccc3o2)c(OC)nc1C. The molecular formula is C17H18N2O3. The zero-order valence-electron chi connectivity index (χ0n) is 12.9. The van der Waals surface area contributed by atoms with Crippen molar-refractivity contribution in [3.63, 3.8) is 0 Å². The standard InChI is InChI=1S/C17H18N2O3/c1-4-12-9-15(17(20-3)18-11(12)2)21-10-16-19-13-7-5-6-8-14(13)22-16/h5-9H,4,10H2,1-3H3. The van der Waals surface area contributed by atoms with Crippen molar-refractivity contribution in [1.29, 1.82) is 0 Å². The van der Waals surface area contributed by atoms with Crippen LogP contribution in [0.1, 0.15) is 24.1 Å². The first-order valence-corrected chi connectivity index (χ1v) is 7.23. The summed E-state index contributed by atoms with van der Waals surface area (Å²) in [5.74, 6) is 1.61. The van der Waals surface area contributed by atoms with Crippen LogP contribution in [0.4, 0.5) is 0 Å². The molecule has 0 aliphatic carbocycles. The lowest BCUT2D eigenvalue weighted by Crippen LogP contribution is -2.02. The Labute approximate surface area is 128 Å². The highest BCUT2D eigenvalue weighted by Gasteiger charge is 2.12. The fourth-order valence-corrected chi connectivity index (χ4v) is 2.33. The van der Waals surface area contributed by atoms with Crippen molar-refractivity contribution in [2.24, 2.45) is 0 Å². The lowest BCUT2D eigenvalue weighted by molar-refractivity contribution is 0.249. The Morgan fingerprint density at radius 3 is 2.73 bits per heavy atom. The third-order valence-electron chi connectivity index (χ3n) is 3.51. The zero-order chi connectivity index (χ0) is 15.5. The van der Waals surface area contributed by atoms with Gasteiger partial charge in [-0.2, -0.15) is 0 Å². The van der Waals surface area contributed by atoms with Gasteiger partial charge in [-0.3, -0.25) is 0 Å². The number of oxazole rings is 1. The van der Waals surface area contributed by atoms with E-state index in [2.05, 4.69) is 16.9 Å². The van der Waals surface area contributed by atoms with Gasteiger partial charge in [-0.25, -0.2) is 9.97 Å². The van der Waals surface area contributed by atoms with Crippen LogP contribution >= 0.6 is 0 Å². The maximum absolute atomic E-state index is 5.80. The number of hydrogen-bond acceptors (Lipinski definition) is 5. The van der Waals surface area contributed by atoms with Crippen molar-refractivity contribution in [3.05, 3.63) is 47.5 Å². The van der Waals surface area contributed by atoms with Crippen molar-refractivity contribution >= 4 is 11.1 Å². The van der Waals surface area contributed by atoms with Gasteiger partial charge >= 0.3 is 0 Å². The first-order chi connectivity index (χ1) is 10.7. The van der Waals surface area contributed by atoms with E-state index in [1.165, 1.54) is 0 Å². The van der Waals surface area contributed by atoms with Crippen molar-refractivity contribution in [3.8, 4) is 11.6 Å². The highest BCUT2D eigenvalue weighted by molar-refractivity contribution is 5.72. The molecule has 0 N–H and O–H groups in total. The molecule has 0 radical (unpaired) electrons. The molecule has 1 aromatic carbocycles. The summed E-state index contributed by atoms with van der Waals surface area (Å²) in [6, 6.07) is 9.60. The predicted molar refractivity (Wildman–Crippen MR) is 83.2 cm³/mol. The molecule has 3 rings (SSSR count). The van der Waals surface area contributed by atoms with Crippen molar-refractivity contribution in [1.82, 2.24) is 9.97 Å². The number of aryl methyl sites for hydroxylation is 2. The van der Waals surface area contributed by atoms with Gasteiger partial charge < -0.3 is 13.9 Å². The molecule has 2 heterocycles. The number of fused-ring (bicyclic) bond motifs is 1. The van der Waals surface area contributed by atoms with E-state index >= 15 is 0 Å².